The van der Waals surface area contributed by atoms with Crippen LogP contribution in [0.2, 0.25) is 0 Å². The molecule has 1 N–H and O–H groups in total. The lowest BCUT2D eigenvalue weighted by atomic mass is 10.2. The number of rotatable bonds is 10. The van der Waals surface area contributed by atoms with Gasteiger partial charge in [0.15, 0.2) is 0 Å². The molecule has 0 saturated heterocycles. The van der Waals surface area contributed by atoms with Crippen LogP contribution in [0.3, 0.4) is 0 Å². The van der Waals surface area contributed by atoms with E-state index >= 15 is 0 Å². The summed E-state index contributed by atoms with van der Waals surface area (Å²) in [6.45, 7) is 5.19. The van der Waals surface area contributed by atoms with Crippen molar-refractivity contribution in [2.45, 2.75) is 53.7 Å². The SMILES string of the molecule is CN(CCNS(=O)(=O)c1cc(S(=O)(=O)c2ccccc2)ccc1C(F)(F)F)CCC(=O)OC(C)(C)C. The van der Waals surface area contributed by atoms with Crippen molar-refractivity contribution in [1.29, 1.82) is 0 Å². The summed E-state index contributed by atoms with van der Waals surface area (Å²) in [6.07, 6.45) is -5.00. The van der Waals surface area contributed by atoms with Gasteiger partial charge in [-0.15, -0.1) is 0 Å². The highest BCUT2D eigenvalue weighted by Crippen LogP contribution is 2.36. The third kappa shape index (κ3) is 8.29. The number of nitrogens with zero attached hydrogens (tertiary/aromatic N) is 1. The van der Waals surface area contributed by atoms with Gasteiger partial charge in [0.25, 0.3) is 0 Å². The Morgan fingerprint density at radius 3 is 2.11 bits per heavy atom. The van der Waals surface area contributed by atoms with Crippen LogP contribution in [0.25, 0.3) is 0 Å². The fraction of sp³-hybridized carbons (Fsp3) is 0.435. The Balaban J connectivity index is 2.21. The van der Waals surface area contributed by atoms with Gasteiger partial charge in [-0.25, -0.2) is 21.6 Å². The van der Waals surface area contributed by atoms with Crippen molar-refractivity contribution in [2.24, 2.45) is 0 Å². The van der Waals surface area contributed by atoms with Crippen molar-refractivity contribution in [2.75, 3.05) is 26.7 Å². The predicted octanol–water partition coefficient (Wildman–Crippen LogP) is 3.48. The Morgan fingerprint density at radius 1 is 0.944 bits per heavy atom. The normalized spacial score (nSPS) is 13.1. The van der Waals surface area contributed by atoms with Crippen LogP contribution >= 0.6 is 0 Å². The largest absolute Gasteiger partial charge is 0.460 e. The summed E-state index contributed by atoms with van der Waals surface area (Å²) in [5, 5.41) is 0. The number of sulfone groups is 1. The van der Waals surface area contributed by atoms with Crippen LogP contribution in [0.4, 0.5) is 13.2 Å². The minimum atomic E-state index is -5.04. The number of hydrogen-bond acceptors (Lipinski definition) is 7. The average Bonchev–Trinajstić information content (AvgIpc) is 2.76. The number of likely N-dealkylation sites (N-methyl/N-ethyl adjacent to an activating group) is 1. The molecule has 8 nitrogen and oxygen atoms in total. The molecule has 0 amide bonds. The fourth-order valence-corrected chi connectivity index (χ4v) is 5.75. The first-order valence-corrected chi connectivity index (χ1v) is 13.8. The minimum absolute atomic E-state index is 0.0398. The maximum atomic E-state index is 13.6. The summed E-state index contributed by atoms with van der Waals surface area (Å²) in [5.74, 6) is -0.443. The van der Waals surface area contributed by atoms with Crippen molar-refractivity contribution in [1.82, 2.24) is 9.62 Å². The van der Waals surface area contributed by atoms with Crippen LogP contribution in [0.1, 0.15) is 32.8 Å². The first-order chi connectivity index (χ1) is 16.4. The van der Waals surface area contributed by atoms with Crippen LogP contribution in [0, 0.1) is 0 Å². The minimum Gasteiger partial charge on any atom is -0.460 e. The molecule has 0 aliphatic heterocycles. The molecule has 0 spiro atoms. The number of sulfonamides is 1. The molecule has 0 bridgehead atoms. The second-order valence-corrected chi connectivity index (χ2v) is 12.7. The second kappa shape index (κ2) is 11.3. The molecule has 36 heavy (non-hydrogen) atoms. The highest BCUT2D eigenvalue weighted by Gasteiger charge is 2.38. The zero-order valence-corrected chi connectivity index (χ0v) is 21.9. The summed E-state index contributed by atoms with van der Waals surface area (Å²) in [4.78, 5) is 11.5. The lowest BCUT2D eigenvalue weighted by Crippen LogP contribution is -2.35. The summed E-state index contributed by atoms with van der Waals surface area (Å²) in [5.41, 5.74) is -2.13. The van der Waals surface area contributed by atoms with Gasteiger partial charge < -0.3 is 9.64 Å². The second-order valence-electron chi connectivity index (χ2n) is 9.01. The maximum absolute atomic E-state index is 13.6. The van der Waals surface area contributed by atoms with Crippen molar-refractivity contribution >= 4 is 25.8 Å². The molecule has 0 heterocycles. The molecule has 2 rings (SSSR count). The number of carbonyl (C=O) groups excluding carboxylic acids is 1. The molecule has 0 aliphatic carbocycles. The van der Waals surface area contributed by atoms with E-state index in [9.17, 15) is 34.8 Å². The number of ether oxygens (including phenoxy) is 1. The molecule has 0 aliphatic rings. The number of esters is 1. The van der Waals surface area contributed by atoms with Gasteiger partial charge in [-0.3, -0.25) is 4.79 Å². The molecular formula is C23H29F3N2O6S2. The summed E-state index contributed by atoms with van der Waals surface area (Å²) in [6, 6.07) is 8.64. The number of nitrogens with one attached hydrogen (secondary N) is 1. The van der Waals surface area contributed by atoms with Crippen molar-refractivity contribution in [3.05, 3.63) is 54.1 Å². The average molecular weight is 551 g/mol. The molecule has 200 valence electrons. The van der Waals surface area contributed by atoms with E-state index in [0.717, 1.165) is 6.07 Å². The Bertz CT molecular complexity index is 1270. The van der Waals surface area contributed by atoms with E-state index in [4.69, 9.17) is 4.74 Å². The predicted molar refractivity (Wildman–Crippen MR) is 126 cm³/mol. The number of alkyl halides is 3. The Kier molecular flexibility index (Phi) is 9.32. The van der Waals surface area contributed by atoms with E-state index < -0.39 is 53.0 Å². The quantitative estimate of drug-likeness (QED) is 0.451. The van der Waals surface area contributed by atoms with Gasteiger partial charge >= 0.3 is 12.1 Å². The van der Waals surface area contributed by atoms with Crippen LogP contribution in [-0.2, 0) is 35.6 Å². The number of benzene rings is 2. The summed E-state index contributed by atoms with van der Waals surface area (Å²) < 4.78 is 99.4. The smallest absolute Gasteiger partial charge is 0.417 e. The van der Waals surface area contributed by atoms with E-state index in [0.29, 0.717) is 12.1 Å². The molecule has 13 heteroatoms. The van der Waals surface area contributed by atoms with Gasteiger partial charge in [-0.1, -0.05) is 18.2 Å². The molecule has 0 atom stereocenters. The zero-order valence-electron chi connectivity index (χ0n) is 20.3. The standard InChI is InChI=1S/C23H29F3N2O6S2/c1-22(2,3)34-21(29)12-14-28(4)15-13-27-36(32,33)20-16-18(10-11-19(20)23(24,25)26)35(30,31)17-8-6-5-7-9-17/h5-11,16,27H,12-15H2,1-4H3. The maximum Gasteiger partial charge on any atom is 0.417 e. The van der Waals surface area contributed by atoms with Crippen molar-refractivity contribution in [3.8, 4) is 0 Å². The lowest BCUT2D eigenvalue weighted by molar-refractivity contribution is -0.155. The number of hydrogen-bond donors (Lipinski definition) is 1. The molecule has 0 radical (unpaired) electrons. The molecular weight excluding hydrogens is 521 g/mol. The molecule has 0 unspecified atom stereocenters. The van der Waals surface area contributed by atoms with Gasteiger partial charge in [-0.05, 0) is 58.2 Å². The van der Waals surface area contributed by atoms with E-state index in [1.54, 1.807) is 38.8 Å². The number of halogens is 3. The van der Waals surface area contributed by atoms with Crippen LogP contribution in [-0.4, -0.2) is 60.0 Å². The van der Waals surface area contributed by atoms with Crippen molar-refractivity contribution in [3.63, 3.8) is 0 Å². The van der Waals surface area contributed by atoms with Gasteiger partial charge in [-0.2, -0.15) is 13.2 Å². The highest BCUT2D eigenvalue weighted by molar-refractivity contribution is 7.91. The van der Waals surface area contributed by atoms with E-state index in [2.05, 4.69) is 4.72 Å². The Labute approximate surface area is 209 Å². The molecule has 0 saturated carbocycles. The van der Waals surface area contributed by atoms with E-state index in [1.165, 1.54) is 24.3 Å². The molecule has 0 fully saturated rings. The zero-order chi connectivity index (χ0) is 27.4. The lowest BCUT2D eigenvalue weighted by Gasteiger charge is -2.21. The van der Waals surface area contributed by atoms with Gasteiger partial charge in [0.2, 0.25) is 19.9 Å². The Hall–Kier alpha value is -2.48. The molecule has 2 aromatic rings. The number of carbonyl (C=O) groups is 1. The monoisotopic (exact) mass is 550 g/mol. The highest BCUT2D eigenvalue weighted by atomic mass is 32.2. The van der Waals surface area contributed by atoms with E-state index in [1.807, 2.05) is 0 Å². The molecule has 0 aromatic heterocycles. The third-order valence-electron chi connectivity index (χ3n) is 4.82. The Morgan fingerprint density at radius 2 is 1.56 bits per heavy atom. The van der Waals surface area contributed by atoms with Crippen LogP contribution < -0.4 is 4.72 Å². The first-order valence-electron chi connectivity index (χ1n) is 10.8. The summed E-state index contributed by atoms with van der Waals surface area (Å²) >= 11 is 0. The van der Waals surface area contributed by atoms with Gasteiger partial charge in [0.05, 0.1) is 26.7 Å². The fourth-order valence-electron chi connectivity index (χ4n) is 3.10. The van der Waals surface area contributed by atoms with Crippen LogP contribution in [0.15, 0.2) is 63.2 Å². The van der Waals surface area contributed by atoms with E-state index in [-0.39, 0.29) is 31.0 Å². The third-order valence-corrected chi connectivity index (χ3v) is 8.08. The first kappa shape index (κ1) is 29.7. The van der Waals surface area contributed by atoms with Crippen LogP contribution in [0.5, 0.6) is 0 Å². The molecule has 2 aromatic carbocycles. The van der Waals surface area contributed by atoms with Gasteiger partial charge in [0, 0.05) is 19.6 Å². The summed E-state index contributed by atoms with van der Waals surface area (Å²) in [7, 11) is -7.40. The van der Waals surface area contributed by atoms with Crippen molar-refractivity contribution < 1.29 is 39.5 Å². The van der Waals surface area contributed by atoms with Gasteiger partial charge in [0.1, 0.15) is 5.60 Å². The topological polar surface area (TPSA) is 110 Å².